The average molecular weight is 455 g/mol. The van der Waals surface area contributed by atoms with E-state index in [4.69, 9.17) is 21.1 Å². The zero-order valence-electron chi connectivity index (χ0n) is 15.5. The molecule has 27 heavy (non-hydrogen) atoms. The maximum atomic E-state index is 12.0. The summed E-state index contributed by atoms with van der Waals surface area (Å²) in [6.45, 7) is 2.84. The molecule has 0 fully saturated rings. The lowest BCUT2D eigenvalue weighted by atomic mass is 10.2. The first-order valence-electron chi connectivity index (χ1n) is 9.19. The maximum absolute atomic E-state index is 12.0. The number of nitrogens with one attached hydrogen (secondary N) is 1. The molecule has 2 rings (SSSR count). The number of carbonyl (C=O) groups excluding carboxylic acids is 1. The average Bonchev–Trinajstić information content (AvgIpc) is 2.65. The summed E-state index contributed by atoms with van der Waals surface area (Å²) in [6.07, 6.45) is 6.06. The van der Waals surface area contributed by atoms with Gasteiger partial charge in [0.05, 0.1) is 11.1 Å². The third-order valence-corrected chi connectivity index (χ3v) is 4.76. The molecular weight excluding hydrogens is 430 g/mol. The van der Waals surface area contributed by atoms with Crippen LogP contribution in [0.25, 0.3) is 0 Å². The highest BCUT2D eigenvalue weighted by atomic mass is 79.9. The Balaban J connectivity index is 1.71. The van der Waals surface area contributed by atoms with Crippen molar-refractivity contribution in [3.8, 4) is 11.5 Å². The number of unbranched alkanes of at least 4 members (excludes halogenated alkanes) is 4. The van der Waals surface area contributed by atoms with Crippen LogP contribution in [0.5, 0.6) is 11.5 Å². The second kappa shape index (κ2) is 11.9. The largest absolute Gasteiger partial charge is 0.494 e. The van der Waals surface area contributed by atoms with Crippen molar-refractivity contribution in [1.29, 1.82) is 0 Å². The number of benzene rings is 2. The Morgan fingerprint density at radius 3 is 2.48 bits per heavy atom. The molecule has 0 bridgehead atoms. The van der Waals surface area contributed by atoms with Crippen LogP contribution in [0.4, 0.5) is 5.69 Å². The molecule has 0 radical (unpaired) electrons. The van der Waals surface area contributed by atoms with E-state index in [1.54, 1.807) is 18.2 Å². The second-order valence-electron chi connectivity index (χ2n) is 6.20. The van der Waals surface area contributed by atoms with Crippen molar-refractivity contribution in [2.75, 3.05) is 18.5 Å². The molecule has 0 aromatic heterocycles. The van der Waals surface area contributed by atoms with E-state index in [2.05, 4.69) is 28.2 Å². The van der Waals surface area contributed by atoms with Crippen molar-refractivity contribution in [3.05, 3.63) is 52.0 Å². The van der Waals surface area contributed by atoms with Gasteiger partial charge >= 0.3 is 0 Å². The van der Waals surface area contributed by atoms with Gasteiger partial charge in [-0.15, -0.1) is 0 Å². The van der Waals surface area contributed by atoms with Crippen LogP contribution in [-0.2, 0) is 4.79 Å². The molecular formula is C21H25BrClNO3. The maximum Gasteiger partial charge on any atom is 0.262 e. The monoisotopic (exact) mass is 453 g/mol. The molecule has 0 aliphatic heterocycles. The smallest absolute Gasteiger partial charge is 0.262 e. The molecule has 0 aliphatic carbocycles. The van der Waals surface area contributed by atoms with Gasteiger partial charge in [0, 0.05) is 10.7 Å². The van der Waals surface area contributed by atoms with E-state index >= 15 is 0 Å². The molecule has 0 atom stereocenters. The predicted octanol–water partition coefficient (Wildman–Crippen LogP) is 6.47. The summed E-state index contributed by atoms with van der Waals surface area (Å²) in [5.41, 5.74) is 0.703. The Hall–Kier alpha value is -1.72. The van der Waals surface area contributed by atoms with E-state index in [9.17, 15) is 4.79 Å². The standard InChI is InChI=1S/C21H25BrClNO3/c1-2-3-4-5-6-13-26-18-10-8-17(9-11-18)24-21(25)15-27-20-12-7-16(23)14-19(20)22/h7-12,14H,2-6,13,15H2,1H3,(H,24,25). The van der Waals surface area contributed by atoms with Crippen molar-refractivity contribution in [1.82, 2.24) is 0 Å². The molecule has 0 spiro atoms. The fourth-order valence-corrected chi connectivity index (χ4v) is 3.26. The Kier molecular flexibility index (Phi) is 9.50. The molecule has 1 N–H and O–H groups in total. The summed E-state index contributed by atoms with van der Waals surface area (Å²) in [4.78, 5) is 12.0. The van der Waals surface area contributed by atoms with Crippen LogP contribution in [0.1, 0.15) is 39.0 Å². The van der Waals surface area contributed by atoms with Crippen LogP contribution in [0.15, 0.2) is 46.9 Å². The molecule has 0 saturated heterocycles. The Bertz CT molecular complexity index is 722. The zero-order valence-corrected chi connectivity index (χ0v) is 17.8. The summed E-state index contributed by atoms with van der Waals surface area (Å²) < 4.78 is 11.9. The zero-order chi connectivity index (χ0) is 19.5. The number of anilines is 1. The third kappa shape index (κ3) is 8.22. The molecule has 2 aromatic rings. The number of halogens is 2. The number of ether oxygens (including phenoxy) is 2. The van der Waals surface area contributed by atoms with Crippen LogP contribution >= 0.6 is 27.5 Å². The minimum Gasteiger partial charge on any atom is -0.494 e. The van der Waals surface area contributed by atoms with Crippen LogP contribution in [-0.4, -0.2) is 19.1 Å². The van der Waals surface area contributed by atoms with Crippen molar-refractivity contribution >= 4 is 39.1 Å². The van der Waals surface area contributed by atoms with Crippen molar-refractivity contribution in [2.24, 2.45) is 0 Å². The van der Waals surface area contributed by atoms with Crippen LogP contribution in [0, 0.1) is 0 Å². The van der Waals surface area contributed by atoms with Gasteiger partial charge in [-0.3, -0.25) is 4.79 Å². The van der Waals surface area contributed by atoms with Crippen LogP contribution in [0.3, 0.4) is 0 Å². The lowest BCUT2D eigenvalue weighted by Gasteiger charge is -2.10. The van der Waals surface area contributed by atoms with Crippen molar-refractivity contribution < 1.29 is 14.3 Å². The fraction of sp³-hybridized carbons (Fsp3) is 0.381. The van der Waals surface area contributed by atoms with Gasteiger partial charge in [-0.05, 0) is 64.8 Å². The number of hydrogen-bond acceptors (Lipinski definition) is 3. The first-order chi connectivity index (χ1) is 13.1. The van der Waals surface area contributed by atoms with Gasteiger partial charge in [0.25, 0.3) is 5.91 Å². The summed E-state index contributed by atoms with van der Waals surface area (Å²) in [5.74, 6) is 1.14. The first kappa shape index (κ1) is 21.6. The number of rotatable bonds is 11. The topological polar surface area (TPSA) is 47.6 Å². The van der Waals surface area contributed by atoms with E-state index < -0.39 is 0 Å². The molecule has 146 valence electrons. The van der Waals surface area contributed by atoms with Crippen molar-refractivity contribution in [3.63, 3.8) is 0 Å². The summed E-state index contributed by atoms with van der Waals surface area (Å²) in [7, 11) is 0. The SMILES string of the molecule is CCCCCCCOc1ccc(NC(=O)COc2ccc(Cl)cc2Br)cc1. The van der Waals surface area contributed by atoms with Gasteiger partial charge in [-0.2, -0.15) is 0 Å². The lowest BCUT2D eigenvalue weighted by Crippen LogP contribution is -2.20. The molecule has 0 aliphatic rings. The molecule has 0 saturated carbocycles. The van der Waals surface area contributed by atoms with E-state index in [-0.39, 0.29) is 12.5 Å². The summed E-state index contributed by atoms with van der Waals surface area (Å²) >= 11 is 9.24. The molecule has 4 nitrogen and oxygen atoms in total. The molecule has 1 amide bonds. The van der Waals surface area contributed by atoms with Gasteiger partial charge in [0.15, 0.2) is 6.61 Å². The van der Waals surface area contributed by atoms with Crippen LogP contribution in [0.2, 0.25) is 5.02 Å². The Morgan fingerprint density at radius 2 is 1.78 bits per heavy atom. The molecule has 2 aromatic carbocycles. The normalized spacial score (nSPS) is 10.5. The van der Waals surface area contributed by atoms with Gasteiger partial charge in [0.2, 0.25) is 0 Å². The van der Waals surface area contributed by atoms with E-state index in [0.29, 0.717) is 20.9 Å². The highest BCUT2D eigenvalue weighted by Gasteiger charge is 2.07. The first-order valence-corrected chi connectivity index (χ1v) is 10.4. The van der Waals surface area contributed by atoms with Crippen molar-refractivity contribution in [2.45, 2.75) is 39.0 Å². The Labute approximate surface area is 174 Å². The Morgan fingerprint density at radius 1 is 1.04 bits per heavy atom. The van der Waals surface area contributed by atoms with E-state index in [0.717, 1.165) is 18.8 Å². The fourth-order valence-electron chi connectivity index (χ4n) is 2.46. The highest BCUT2D eigenvalue weighted by Crippen LogP contribution is 2.28. The molecule has 0 heterocycles. The number of carbonyl (C=O) groups is 1. The minimum absolute atomic E-state index is 0.0871. The minimum atomic E-state index is -0.235. The van der Waals surface area contributed by atoms with Gasteiger partial charge in [-0.1, -0.05) is 44.2 Å². The lowest BCUT2D eigenvalue weighted by molar-refractivity contribution is -0.118. The molecule has 6 heteroatoms. The van der Waals surface area contributed by atoms with Gasteiger partial charge < -0.3 is 14.8 Å². The van der Waals surface area contributed by atoms with Gasteiger partial charge in [0.1, 0.15) is 11.5 Å². The second-order valence-corrected chi connectivity index (χ2v) is 7.49. The number of amides is 1. The van der Waals surface area contributed by atoms with E-state index in [1.807, 2.05) is 24.3 Å². The summed E-state index contributed by atoms with van der Waals surface area (Å²) in [6, 6.07) is 12.5. The summed E-state index contributed by atoms with van der Waals surface area (Å²) in [5, 5.41) is 3.40. The van der Waals surface area contributed by atoms with E-state index in [1.165, 1.54) is 25.7 Å². The van der Waals surface area contributed by atoms with Gasteiger partial charge in [-0.25, -0.2) is 0 Å². The molecule has 0 unspecified atom stereocenters. The quantitative estimate of drug-likeness (QED) is 0.396. The predicted molar refractivity (Wildman–Crippen MR) is 114 cm³/mol. The number of hydrogen-bond donors (Lipinski definition) is 1. The highest BCUT2D eigenvalue weighted by molar-refractivity contribution is 9.10. The van der Waals surface area contributed by atoms with Crippen LogP contribution < -0.4 is 14.8 Å². The third-order valence-electron chi connectivity index (χ3n) is 3.91.